The zero-order chi connectivity index (χ0) is 15.6. The van der Waals surface area contributed by atoms with Gasteiger partial charge in [0, 0.05) is 18.9 Å². The second-order valence-electron chi connectivity index (χ2n) is 4.48. The molecular formula is C10H13FN4O5S. The molecule has 1 aromatic heterocycles. The van der Waals surface area contributed by atoms with Crippen molar-refractivity contribution in [1.82, 2.24) is 15.2 Å². The normalized spacial score (nSPS) is 19.0. The van der Waals surface area contributed by atoms with E-state index >= 15 is 0 Å². The zero-order valence-corrected chi connectivity index (χ0v) is 11.9. The van der Waals surface area contributed by atoms with Gasteiger partial charge in [0.2, 0.25) is 11.7 Å². The van der Waals surface area contributed by atoms with Crippen molar-refractivity contribution in [1.29, 1.82) is 0 Å². The van der Waals surface area contributed by atoms with Crippen LogP contribution in [-0.4, -0.2) is 54.4 Å². The SMILES string of the molecule is CCOC(=O)c1nc(N2CC(CS(=O)(=O)F)CC2=O)n[nH]1. The summed E-state index contributed by atoms with van der Waals surface area (Å²) in [6, 6.07) is 0. The summed E-state index contributed by atoms with van der Waals surface area (Å²) < 4.78 is 38.6. The van der Waals surface area contributed by atoms with Crippen molar-refractivity contribution in [2.45, 2.75) is 13.3 Å². The molecule has 1 aliphatic heterocycles. The predicted molar refractivity (Wildman–Crippen MR) is 67.7 cm³/mol. The number of carbonyl (C=O) groups excluding carboxylic acids is 2. The molecule has 1 amide bonds. The molecule has 2 heterocycles. The quantitative estimate of drug-likeness (QED) is 0.580. The van der Waals surface area contributed by atoms with Gasteiger partial charge in [-0.15, -0.1) is 8.98 Å². The van der Waals surface area contributed by atoms with Crippen molar-refractivity contribution >= 4 is 28.0 Å². The van der Waals surface area contributed by atoms with Crippen LogP contribution in [-0.2, 0) is 19.8 Å². The monoisotopic (exact) mass is 320 g/mol. The van der Waals surface area contributed by atoms with E-state index in [1.54, 1.807) is 6.92 Å². The number of aromatic nitrogens is 3. The van der Waals surface area contributed by atoms with Crippen molar-refractivity contribution in [3.05, 3.63) is 5.82 Å². The number of aromatic amines is 1. The van der Waals surface area contributed by atoms with Gasteiger partial charge in [-0.2, -0.15) is 13.4 Å². The Morgan fingerprint density at radius 2 is 2.29 bits per heavy atom. The molecule has 21 heavy (non-hydrogen) atoms. The fraction of sp³-hybridized carbons (Fsp3) is 0.600. The zero-order valence-electron chi connectivity index (χ0n) is 11.1. The number of halogens is 1. The first-order valence-corrected chi connectivity index (χ1v) is 7.67. The summed E-state index contributed by atoms with van der Waals surface area (Å²) in [6.45, 7) is 1.76. The van der Waals surface area contributed by atoms with E-state index in [-0.39, 0.29) is 31.3 Å². The van der Waals surface area contributed by atoms with E-state index in [4.69, 9.17) is 4.74 Å². The Hall–Kier alpha value is -2.04. The van der Waals surface area contributed by atoms with Gasteiger partial charge in [-0.1, -0.05) is 0 Å². The van der Waals surface area contributed by atoms with Gasteiger partial charge in [0.15, 0.2) is 0 Å². The predicted octanol–water partition coefficient (Wildman–Crippen LogP) is -0.366. The molecule has 2 rings (SSSR count). The molecule has 1 atom stereocenters. The number of amides is 1. The lowest BCUT2D eigenvalue weighted by Crippen LogP contribution is -2.26. The van der Waals surface area contributed by atoms with E-state index in [9.17, 15) is 21.9 Å². The molecule has 1 fully saturated rings. The number of carbonyl (C=O) groups is 2. The highest BCUT2D eigenvalue weighted by molar-refractivity contribution is 7.86. The molecule has 0 radical (unpaired) electrons. The van der Waals surface area contributed by atoms with Crippen LogP contribution in [0.3, 0.4) is 0 Å². The van der Waals surface area contributed by atoms with Gasteiger partial charge < -0.3 is 4.74 Å². The highest BCUT2D eigenvalue weighted by atomic mass is 32.3. The first-order chi connectivity index (χ1) is 9.80. The van der Waals surface area contributed by atoms with E-state index in [2.05, 4.69) is 15.2 Å². The van der Waals surface area contributed by atoms with Crippen LogP contribution < -0.4 is 4.90 Å². The molecule has 116 valence electrons. The van der Waals surface area contributed by atoms with Gasteiger partial charge in [-0.25, -0.2) is 4.79 Å². The van der Waals surface area contributed by atoms with Crippen molar-refractivity contribution in [2.24, 2.45) is 5.92 Å². The lowest BCUT2D eigenvalue weighted by molar-refractivity contribution is -0.117. The van der Waals surface area contributed by atoms with Gasteiger partial charge in [0.05, 0.1) is 12.4 Å². The minimum absolute atomic E-state index is 0.0257. The van der Waals surface area contributed by atoms with E-state index in [0.29, 0.717) is 0 Å². The van der Waals surface area contributed by atoms with Crippen molar-refractivity contribution in [3.63, 3.8) is 0 Å². The van der Waals surface area contributed by atoms with Crippen LogP contribution >= 0.6 is 0 Å². The Kier molecular flexibility index (Phi) is 4.21. The fourth-order valence-corrected chi connectivity index (χ4v) is 2.82. The number of hydrogen-bond donors (Lipinski definition) is 1. The molecule has 11 heteroatoms. The van der Waals surface area contributed by atoms with Gasteiger partial charge in [0.1, 0.15) is 0 Å². The molecule has 1 saturated heterocycles. The molecule has 0 bridgehead atoms. The molecule has 1 N–H and O–H groups in total. The summed E-state index contributed by atoms with van der Waals surface area (Å²) in [5, 5.41) is 6.04. The molecule has 9 nitrogen and oxygen atoms in total. The molecule has 0 aromatic carbocycles. The number of nitrogens with one attached hydrogen (secondary N) is 1. The largest absolute Gasteiger partial charge is 0.460 e. The maximum Gasteiger partial charge on any atom is 0.375 e. The van der Waals surface area contributed by atoms with Crippen LogP contribution in [0.15, 0.2) is 0 Å². The van der Waals surface area contributed by atoms with Crippen molar-refractivity contribution in [3.8, 4) is 0 Å². The summed E-state index contributed by atoms with van der Waals surface area (Å²) >= 11 is 0. The van der Waals surface area contributed by atoms with E-state index in [1.807, 2.05) is 0 Å². The summed E-state index contributed by atoms with van der Waals surface area (Å²) in [5.41, 5.74) is 0. The average molecular weight is 320 g/mol. The first kappa shape index (κ1) is 15.4. The topological polar surface area (TPSA) is 122 Å². The Bertz CT molecular complexity index is 658. The second-order valence-corrected chi connectivity index (χ2v) is 5.90. The molecule has 0 aliphatic carbocycles. The van der Waals surface area contributed by atoms with Crippen LogP contribution in [0.4, 0.5) is 9.83 Å². The number of anilines is 1. The minimum atomic E-state index is -4.65. The lowest BCUT2D eigenvalue weighted by Gasteiger charge is -2.10. The Balaban J connectivity index is 2.09. The van der Waals surface area contributed by atoms with Crippen LogP contribution in [0.25, 0.3) is 0 Å². The summed E-state index contributed by atoms with van der Waals surface area (Å²) in [5.74, 6) is -2.78. The van der Waals surface area contributed by atoms with Crippen LogP contribution in [0.2, 0.25) is 0 Å². The number of rotatable bonds is 5. The molecular weight excluding hydrogens is 307 g/mol. The Labute approximate surface area is 119 Å². The molecule has 1 aliphatic rings. The van der Waals surface area contributed by atoms with Crippen molar-refractivity contribution in [2.75, 3.05) is 23.8 Å². The molecule has 0 saturated carbocycles. The van der Waals surface area contributed by atoms with Gasteiger partial charge in [0.25, 0.3) is 5.95 Å². The third-order valence-electron chi connectivity index (χ3n) is 2.82. The highest BCUT2D eigenvalue weighted by Crippen LogP contribution is 2.23. The molecule has 1 unspecified atom stereocenters. The summed E-state index contributed by atoms with van der Waals surface area (Å²) in [4.78, 5) is 28.1. The number of nitrogens with zero attached hydrogens (tertiary/aromatic N) is 3. The fourth-order valence-electron chi connectivity index (χ4n) is 2.03. The number of ether oxygens (including phenoxy) is 1. The van der Waals surface area contributed by atoms with Gasteiger partial charge >= 0.3 is 16.2 Å². The molecule has 0 spiro atoms. The van der Waals surface area contributed by atoms with Gasteiger partial charge in [-0.05, 0) is 6.92 Å². The smallest absolute Gasteiger partial charge is 0.375 e. The van der Waals surface area contributed by atoms with E-state index in [0.717, 1.165) is 4.90 Å². The van der Waals surface area contributed by atoms with E-state index in [1.165, 1.54) is 0 Å². The second kappa shape index (κ2) is 5.76. The van der Waals surface area contributed by atoms with Gasteiger partial charge in [-0.3, -0.25) is 14.8 Å². The minimum Gasteiger partial charge on any atom is -0.460 e. The summed E-state index contributed by atoms with van der Waals surface area (Å²) in [6.07, 6.45) is -0.119. The van der Waals surface area contributed by atoms with Crippen LogP contribution in [0.5, 0.6) is 0 Å². The number of hydrogen-bond acceptors (Lipinski definition) is 7. The third-order valence-corrected chi connectivity index (χ3v) is 3.69. The number of esters is 1. The number of H-pyrrole nitrogens is 1. The van der Waals surface area contributed by atoms with Crippen molar-refractivity contribution < 1.29 is 26.6 Å². The maximum atomic E-state index is 12.6. The highest BCUT2D eigenvalue weighted by Gasteiger charge is 2.35. The Morgan fingerprint density at radius 3 is 2.90 bits per heavy atom. The lowest BCUT2D eigenvalue weighted by atomic mass is 10.1. The third kappa shape index (κ3) is 3.74. The molecule has 1 aromatic rings. The maximum absolute atomic E-state index is 12.6. The first-order valence-electron chi connectivity index (χ1n) is 6.12. The average Bonchev–Trinajstić information content (AvgIpc) is 2.94. The van der Waals surface area contributed by atoms with Crippen LogP contribution in [0, 0.1) is 5.92 Å². The summed E-state index contributed by atoms with van der Waals surface area (Å²) in [7, 11) is -4.65. The van der Waals surface area contributed by atoms with Crippen LogP contribution in [0.1, 0.15) is 24.0 Å². The van der Waals surface area contributed by atoms with E-state index < -0.39 is 33.8 Å². The standard InChI is InChI=1S/C10H13FN4O5S/c1-2-20-9(17)8-12-10(14-13-8)15-4-6(3-7(15)16)5-21(11,18)19/h6H,2-5H2,1H3,(H,12,13,14). The Morgan fingerprint density at radius 1 is 1.57 bits per heavy atom.